The highest BCUT2D eigenvalue weighted by Gasteiger charge is 2.19. The Bertz CT molecular complexity index is 818. The molecule has 2 aliphatic rings. The quantitative estimate of drug-likeness (QED) is 0.697. The molecule has 2 heterocycles. The summed E-state index contributed by atoms with van der Waals surface area (Å²) in [5.74, 6) is 0.187. The van der Waals surface area contributed by atoms with Gasteiger partial charge < -0.3 is 20.8 Å². The fraction of sp³-hybridized carbons (Fsp3) is 0.400. The number of rotatable bonds is 5. The van der Waals surface area contributed by atoms with Crippen molar-refractivity contribution < 1.29 is 9.13 Å². The highest BCUT2D eigenvalue weighted by atomic mass is 19.1. The van der Waals surface area contributed by atoms with Gasteiger partial charge in [-0.2, -0.15) is 0 Å². The number of halogens is 1. The highest BCUT2D eigenvalue weighted by molar-refractivity contribution is 5.85. The van der Waals surface area contributed by atoms with Crippen LogP contribution in [0.15, 0.2) is 24.3 Å². The average molecular weight is 354 g/mol. The molecule has 5 nitrogen and oxygen atoms in total. The summed E-state index contributed by atoms with van der Waals surface area (Å²) >= 11 is 0. The van der Waals surface area contributed by atoms with Gasteiger partial charge in [-0.25, -0.2) is 9.37 Å². The predicted molar refractivity (Wildman–Crippen MR) is 101 cm³/mol. The van der Waals surface area contributed by atoms with Crippen molar-refractivity contribution in [3.05, 3.63) is 46.8 Å². The Labute approximate surface area is 152 Å². The molecule has 26 heavy (non-hydrogen) atoms. The molecule has 1 aromatic carbocycles. The third-order valence-corrected chi connectivity index (χ3v) is 5.04. The van der Waals surface area contributed by atoms with Crippen molar-refractivity contribution in [2.45, 2.75) is 44.8 Å². The number of anilines is 3. The number of nitrogens with one attached hydrogen (secondary N) is 3. The standard InChI is InChI=1S/C20H23FN4O/c21-16-11-14(12-22)19(24-18-9-1-2-10-26-18)25-20(16)23-17-8-4-6-13-5-3-7-15(13)17/h4,6,8,11-12,18,22H,1-3,5,7,9-10H2,(H2,23,24,25). The van der Waals surface area contributed by atoms with Gasteiger partial charge in [0, 0.05) is 24.1 Å². The van der Waals surface area contributed by atoms with Gasteiger partial charge >= 0.3 is 0 Å². The van der Waals surface area contributed by atoms with E-state index in [1.165, 1.54) is 17.2 Å². The van der Waals surface area contributed by atoms with Crippen molar-refractivity contribution in [2.24, 2.45) is 0 Å². The second-order valence-corrected chi connectivity index (χ2v) is 6.82. The molecule has 2 aromatic rings. The van der Waals surface area contributed by atoms with Gasteiger partial charge in [0.1, 0.15) is 12.0 Å². The molecule has 0 spiro atoms. The van der Waals surface area contributed by atoms with Crippen LogP contribution in [0.25, 0.3) is 0 Å². The van der Waals surface area contributed by atoms with Gasteiger partial charge in [-0.15, -0.1) is 0 Å². The average Bonchev–Trinajstić information content (AvgIpc) is 3.15. The number of hydrogen-bond acceptors (Lipinski definition) is 5. The molecule has 3 N–H and O–H groups in total. The Kier molecular flexibility index (Phi) is 4.84. The van der Waals surface area contributed by atoms with Gasteiger partial charge in [0.25, 0.3) is 0 Å². The zero-order chi connectivity index (χ0) is 17.9. The van der Waals surface area contributed by atoms with E-state index in [0.29, 0.717) is 18.0 Å². The zero-order valence-corrected chi connectivity index (χ0v) is 14.6. The number of fused-ring (bicyclic) bond motifs is 1. The van der Waals surface area contributed by atoms with E-state index >= 15 is 0 Å². The number of ether oxygens (including phenoxy) is 1. The molecule has 4 rings (SSSR count). The van der Waals surface area contributed by atoms with Gasteiger partial charge in [0.05, 0.1) is 0 Å². The van der Waals surface area contributed by atoms with E-state index in [1.54, 1.807) is 0 Å². The van der Waals surface area contributed by atoms with Gasteiger partial charge in [0.2, 0.25) is 0 Å². The second kappa shape index (κ2) is 7.41. The molecule has 0 amide bonds. The van der Waals surface area contributed by atoms with Crippen molar-refractivity contribution in [3.8, 4) is 0 Å². The third-order valence-electron chi connectivity index (χ3n) is 5.04. The summed E-state index contributed by atoms with van der Waals surface area (Å²) in [6.07, 6.45) is 7.19. The van der Waals surface area contributed by atoms with Crippen LogP contribution in [0, 0.1) is 11.2 Å². The second-order valence-electron chi connectivity index (χ2n) is 6.82. The van der Waals surface area contributed by atoms with Crippen LogP contribution in [0.1, 0.15) is 42.4 Å². The molecule has 1 unspecified atom stereocenters. The number of hydrogen-bond donors (Lipinski definition) is 3. The molecule has 1 aliphatic carbocycles. The Balaban J connectivity index is 1.62. The molecule has 1 saturated heterocycles. The van der Waals surface area contributed by atoms with E-state index in [-0.39, 0.29) is 12.0 Å². The minimum absolute atomic E-state index is 0.144. The molecule has 0 saturated carbocycles. The minimum atomic E-state index is -0.464. The zero-order valence-electron chi connectivity index (χ0n) is 14.6. The van der Waals surface area contributed by atoms with Crippen molar-refractivity contribution in [1.29, 1.82) is 5.41 Å². The van der Waals surface area contributed by atoms with Crippen LogP contribution in [0.2, 0.25) is 0 Å². The topological polar surface area (TPSA) is 70.0 Å². The fourth-order valence-corrected chi connectivity index (χ4v) is 3.69. The van der Waals surface area contributed by atoms with Crippen LogP contribution in [0.5, 0.6) is 0 Å². The molecule has 1 fully saturated rings. The van der Waals surface area contributed by atoms with E-state index in [2.05, 4.69) is 21.7 Å². The maximum atomic E-state index is 14.5. The summed E-state index contributed by atoms with van der Waals surface area (Å²) in [7, 11) is 0. The SMILES string of the molecule is N=Cc1cc(F)c(Nc2cccc3c2CCC3)nc1NC1CCCCO1. The van der Waals surface area contributed by atoms with E-state index in [9.17, 15) is 4.39 Å². The van der Waals surface area contributed by atoms with Crippen LogP contribution in [0.4, 0.5) is 21.7 Å². The summed E-state index contributed by atoms with van der Waals surface area (Å²) in [6.45, 7) is 0.708. The fourth-order valence-electron chi connectivity index (χ4n) is 3.69. The Morgan fingerprint density at radius 1 is 1.19 bits per heavy atom. The molecule has 0 radical (unpaired) electrons. The Morgan fingerprint density at radius 2 is 2.12 bits per heavy atom. The van der Waals surface area contributed by atoms with Crippen LogP contribution in [-0.4, -0.2) is 24.0 Å². The lowest BCUT2D eigenvalue weighted by Crippen LogP contribution is -2.28. The van der Waals surface area contributed by atoms with Crippen LogP contribution in [0.3, 0.4) is 0 Å². The maximum Gasteiger partial charge on any atom is 0.169 e. The van der Waals surface area contributed by atoms with Crippen molar-refractivity contribution >= 4 is 23.5 Å². The van der Waals surface area contributed by atoms with Crippen molar-refractivity contribution in [2.75, 3.05) is 17.2 Å². The number of aryl methyl sites for hydroxylation is 1. The van der Waals surface area contributed by atoms with Crippen molar-refractivity contribution in [1.82, 2.24) is 4.98 Å². The van der Waals surface area contributed by atoms with Gasteiger partial charge in [-0.1, -0.05) is 12.1 Å². The van der Waals surface area contributed by atoms with Gasteiger partial charge in [-0.05, 0) is 61.8 Å². The number of nitrogens with zero attached hydrogens (tertiary/aromatic N) is 1. The molecule has 1 atom stereocenters. The number of pyridine rings is 1. The lowest BCUT2D eigenvalue weighted by molar-refractivity contribution is 0.0341. The lowest BCUT2D eigenvalue weighted by Gasteiger charge is -2.25. The largest absolute Gasteiger partial charge is 0.359 e. The smallest absolute Gasteiger partial charge is 0.169 e. The number of benzene rings is 1. The van der Waals surface area contributed by atoms with Gasteiger partial charge in [-0.3, -0.25) is 0 Å². The van der Waals surface area contributed by atoms with Crippen LogP contribution in [-0.2, 0) is 17.6 Å². The first-order valence-electron chi connectivity index (χ1n) is 9.21. The number of aromatic nitrogens is 1. The Morgan fingerprint density at radius 3 is 2.92 bits per heavy atom. The normalized spacial score (nSPS) is 19.0. The van der Waals surface area contributed by atoms with E-state index < -0.39 is 5.82 Å². The van der Waals surface area contributed by atoms with E-state index in [1.807, 2.05) is 12.1 Å². The predicted octanol–water partition coefficient (Wildman–Crippen LogP) is 4.39. The maximum absolute atomic E-state index is 14.5. The van der Waals surface area contributed by atoms with E-state index in [4.69, 9.17) is 10.1 Å². The van der Waals surface area contributed by atoms with Crippen LogP contribution < -0.4 is 10.6 Å². The van der Waals surface area contributed by atoms with Crippen molar-refractivity contribution in [3.63, 3.8) is 0 Å². The first kappa shape index (κ1) is 17.0. The Hall–Kier alpha value is -2.47. The molecule has 0 bridgehead atoms. The molecular formula is C20H23FN4O. The molecular weight excluding hydrogens is 331 g/mol. The van der Waals surface area contributed by atoms with E-state index in [0.717, 1.165) is 50.4 Å². The third kappa shape index (κ3) is 3.42. The molecule has 1 aromatic heterocycles. The summed E-state index contributed by atoms with van der Waals surface area (Å²) < 4.78 is 20.2. The van der Waals surface area contributed by atoms with Crippen LogP contribution >= 0.6 is 0 Å². The summed E-state index contributed by atoms with van der Waals surface area (Å²) in [6, 6.07) is 7.43. The molecule has 6 heteroatoms. The minimum Gasteiger partial charge on any atom is -0.359 e. The monoisotopic (exact) mass is 354 g/mol. The first-order chi connectivity index (χ1) is 12.7. The summed E-state index contributed by atoms with van der Waals surface area (Å²) in [5, 5.41) is 13.9. The lowest BCUT2D eigenvalue weighted by atomic mass is 10.1. The first-order valence-corrected chi connectivity index (χ1v) is 9.21. The highest BCUT2D eigenvalue weighted by Crippen LogP contribution is 2.32. The molecule has 136 valence electrons. The summed E-state index contributed by atoms with van der Waals surface area (Å²) in [5.41, 5.74) is 3.89. The molecule has 1 aliphatic heterocycles. The van der Waals surface area contributed by atoms with Gasteiger partial charge in [0.15, 0.2) is 11.6 Å². The summed E-state index contributed by atoms with van der Waals surface area (Å²) in [4.78, 5) is 4.43.